The summed E-state index contributed by atoms with van der Waals surface area (Å²) in [4.78, 5) is 6.18. The van der Waals surface area contributed by atoms with Gasteiger partial charge in [0.1, 0.15) is 0 Å². The minimum Gasteiger partial charge on any atom is -0.358 e. The van der Waals surface area contributed by atoms with Crippen LogP contribution in [0.1, 0.15) is 30.1 Å². The zero-order valence-electron chi connectivity index (χ0n) is 10.2. The molecule has 88 valence electrons. The number of H-pyrrole nitrogens is 1. The maximum absolute atomic E-state index is 3.64. The fourth-order valence-corrected chi connectivity index (χ4v) is 3.73. The van der Waals surface area contributed by atoms with E-state index in [0.29, 0.717) is 6.04 Å². The van der Waals surface area contributed by atoms with Crippen molar-refractivity contribution in [3.8, 4) is 0 Å². The Morgan fingerprint density at radius 2 is 2.18 bits per heavy atom. The summed E-state index contributed by atoms with van der Waals surface area (Å²) >= 11 is 0. The van der Waals surface area contributed by atoms with Gasteiger partial charge in [0.05, 0.1) is 0 Å². The van der Waals surface area contributed by atoms with Crippen LogP contribution in [-0.4, -0.2) is 23.5 Å². The van der Waals surface area contributed by atoms with E-state index in [1.165, 1.54) is 42.4 Å². The third-order valence-corrected chi connectivity index (χ3v) is 4.63. The molecule has 0 amide bonds. The number of rotatable bonds is 0. The lowest BCUT2D eigenvalue weighted by molar-refractivity contribution is 0.129. The molecule has 1 aromatic heterocycles. The van der Waals surface area contributed by atoms with Crippen LogP contribution in [0.3, 0.4) is 0 Å². The van der Waals surface area contributed by atoms with E-state index in [1.807, 2.05) is 0 Å². The number of fused-ring (bicyclic) bond motifs is 6. The Bertz CT molecular complexity index is 569. The van der Waals surface area contributed by atoms with Crippen molar-refractivity contribution in [3.05, 3.63) is 35.5 Å². The molecule has 17 heavy (non-hydrogen) atoms. The highest BCUT2D eigenvalue weighted by atomic mass is 15.1. The van der Waals surface area contributed by atoms with Gasteiger partial charge in [-0.3, -0.25) is 4.90 Å². The van der Waals surface area contributed by atoms with Gasteiger partial charge in [0, 0.05) is 22.6 Å². The highest BCUT2D eigenvalue weighted by Crippen LogP contribution is 2.44. The minimum atomic E-state index is 0.647. The predicted molar refractivity (Wildman–Crippen MR) is 70.1 cm³/mol. The topological polar surface area (TPSA) is 19.0 Å². The summed E-state index contributed by atoms with van der Waals surface area (Å²) in [5, 5.41) is 1.44. The van der Waals surface area contributed by atoms with Crippen LogP contribution in [-0.2, 0) is 6.42 Å². The van der Waals surface area contributed by atoms with Crippen LogP contribution in [0.25, 0.3) is 10.9 Å². The number of para-hydroxylation sites is 1. The number of aromatic nitrogens is 1. The van der Waals surface area contributed by atoms with Crippen molar-refractivity contribution in [1.29, 1.82) is 0 Å². The van der Waals surface area contributed by atoms with Gasteiger partial charge in [-0.1, -0.05) is 18.2 Å². The molecular weight excluding hydrogens is 208 g/mol. The average Bonchev–Trinajstić information content (AvgIpc) is 2.72. The number of nitrogens with zero attached hydrogens (tertiary/aromatic N) is 1. The first-order valence-corrected chi connectivity index (χ1v) is 6.62. The van der Waals surface area contributed by atoms with Crippen molar-refractivity contribution in [1.82, 2.24) is 9.88 Å². The van der Waals surface area contributed by atoms with E-state index in [0.717, 1.165) is 5.92 Å². The molecule has 0 spiro atoms. The van der Waals surface area contributed by atoms with Gasteiger partial charge in [0.25, 0.3) is 0 Å². The monoisotopic (exact) mass is 226 g/mol. The predicted octanol–water partition coefficient (Wildman–Crippen LogP) is 3.11. The van der Waals surface area contributed by atoms with Crippen LogP contribution in [0.4, 0.5) is 0 Å². The minimum absolute atomic E-state index is 0.647. The van der Waals surface area contributed by atoms with E-state index in [4.69, 9.17) is 0 Å². The maximum atomic E-state index is 3.64. The van der Waals surface area contributed by atoms with Crippen LogP contribution in [0.15, 0.2) is 24.3 Å². The Kier molecular flexibility index (Phi) is 1.92. The second-order valence-electron chi connectivity index (χ2n) is 5.65. The summed E-state index contributed by atoms with van der Waals surface area (Å²) in [7, 11) is 2.28. The van der Waals surface area contributed by atoms with Crippen molar-refractivity contribution in [2.24, 2.45) is 5.92 Å². The van der Waals surface area contributed by atoms with Crippen LogP contribution in [0.2, 0.25) is 0 Å². The van der Waals surface area contributed by atoms with E-state index in [-0.39, 0.29) is 0 Å². The lowest BCUT2D eigenvalue weighted by Crippen LogP contribution is -2.37. The maximum Gasteiger partial charge on any atom is 0.0459 e. The van der Waals surface area contributed by atoms with Crippen molar-refractivity contribution in [3.63, 3.8) is 0 Å². The third-order valence-electron chi connectivity index (χ3n) is 4.63. The average molecular weight is 226 g/mol. The Morgan fingerprint density at radius 1 is 1.29 bits per heavy atom. The summed E-state index contributed by atoms with van der Waals surface area (Å²) in [6.45, 7) is 1.26. The second kappa shape index (κ2) is 3.36. The standard InChI is InChI=1S/C15H18N2/c1-17-7-6-10-8-13-15(14(17)9-10)11-4-2-3-5-12(11)16-13/h2-5,10,14,16H,6-9H2,1H3. The fraction of sp³-hybridized carbons (Fsp3) is 0.467. The summed E-state index contributed by atoms with van der Waals surface area (Å²) in [6, 6.07) is 9.41. The SMILES string of the molecule is CN1CCC2Cc3[nH]c4ccccc4c3C1C2. The molecule has 2 heterocycles. The van der Waals surface area contributed by atoms with Crippen LogP contribution in [0, 0.1) is 5.92 Å². The lowest BCUT2D eigenvalue weighted by Gasteiger charge is -2.41. The first-order chi connectivity index (χ1) is 8.33. The van der Waals surface area contributed by atoms with E-state index in [9.17, 15) is 0 Å². The molecule has 2 aromatic rings. The van der Waals surface area contributed by atoms with E-state index in [1.54, 1.807) is 5.56 Å². The smallest absolute Gasteiger partial charge is 0.0459 e. The zero-order valence-corrected chi connectivity index (χ0v) is 10.2. The summed E-state index contributed by atoms with van der Waals surface area (Å²) in [6.07, 6.45) is 3.97. The Hall–Kier alpha value is -1.28. The van der Waals surface area contributed by atoms with Gasteiger partial charge in [0.2, 0.25) is 0 Å². The Morgan fingerprint density at radius 3 is 3.12 bits per heavy atom. The fourth-order valence-electron chi connectivity index (χ4n) is 3.73. The highest BCUT2D eigenvalue weighted by Gasteiger charge is 2.35. The molecule has 2 atom stereocenters. The van der Waals surface area contributed by atoms with Gasteiger partial charge in [0.15, 0.2) is 0 Å². The molecule has 2 heteroatoms. The second-order valence-corrected chi connectivity index (χ2v) is 5.65. The molecule has 1 aromatic carbocycles. The number of nitrogens with one attached hydrogen (secondary N) is 1. The van der Waals surface area contributed by atoms with E-state index < -0.39 is 0 Å². The number of benzene rings is 1. The Balaban J connectivity index is 1.97. The molecule has 0 saturated carbocycles. The number of hydrogen-bond acceptors (Lipinski definition) is 1. The van der Waals surface area contributed by atoms with Crippen LogP contribution < -0.4 is 0 Å². The van der Waals surface area contributed by atoms with Gasteiger partial charge < -0.3 is 4.98 Å². The zero-order chi connectivity index (χ0) is 11.4. The Labute approximate surface area is 102 Å². The molecule has 4 rings (SSSR count). The lowest BCUT2D eigenvalue weighted by atomic mass is 9.78. The van der Waals surface area contributed by atoms with Crippen LogP contribution >= 0.6 is 0 Å². The first kappa shape index (κ1) is 9.72. The summed E-state index contributed by atoms with van der Waals surface area (Å²) < 4.78 is 0. The molecule has 2 bridgehead atoms. The summed E-state index contributed by atoms with van der Waals surface area (Å²) in [5.41, 5.74) is 4.40. The van der Waals surface area contributed by atoms with Gasteiger partial charge in [-0.25, -0.2) is 0 Å². The number of likely N-dealkylation sites (tertiary alicyclic amines) is 1. The van der Waals surface area contributed by atoms with Gasteiger partial charge in [-0.05, 0) is 50.4 Å². The number of aromatic amines is 1. The largest absolute Gasteiger partial charge is 0.358 e. The van der Waals surface area contributed by atoms with Crippen molar-refractivity contribution in [2.45, 2.75) is 25.3 Å². The van der Waals surface area contributed by atoms with Crippen LogP contribution in [0.5, 0.6) is 0 Å². The quantitative estimate of drug-likeness (QED) is 0.731. The van der Waals surface area contributed by atoms with Crippen molar-refractivity contribution < 1.29 is 0 Å². The molecule has 1 fully saturated rings. The molecule has 1 N–H and O–H groups in total. The van der Waals surface area contributed by atoms with Gasteiger partial charge >= 0.3 is 0 Å². The van der Waals surface area contributed by atoms with Crippen molar-refractivity contribution >= 4 is 10.9 Å². The third kappa shape index (κ3) is 1.31. The summed E-state index contributed by atoms with van der Waals surface area (Å²) in [5.74, 6) is 0.900. The van der Waals surface area contributed by atoms with Gasteiger partial charge in [-0.2, -0.15) is 0 Å². The van der Waals surface area contributed by atoms with E-state index >= 15 is 0 Å². The van der Waals surface area contributed by atoms with E-state index in [2.05, 4.69) is 41.2 Å². The molecule has 0 radical (unpaired) electrons. The normalized spacial score (nSPS) is 28.3. The first-order valence-electron chi connectivity index (χ1n) is 6.62. The van der Waals surface area contributed by atoms with Gasteiger partial charge in [-0.15, -0.1) is 0 Å². The van der Waals surface area contributed by atoms with Crippen molar-refractivity contribution in [2.75, 3.05) is 13.6 Å². The number of hydrogen-bond donors (Lipinski definition) is 1. The molecule has 2 nitrogen and oxygen atoms in total. The highest BCUT2D eigenvalue weighted by molar-refractivity contribution is 5.85. The molecular formula is C15H18N2. The molecule has 2 unspecified atom stereocenters. The number of piperidine rings is 1. The molecule has 1 saturated heterocycles. The molecule has 1 aliphatic heterocycles. The molecule has 1 aliphatic carbocycles. The molecule has 2 aliphatic rings.